The number of halogens is 3. The van der Waals surface area contributed by atoms with Gasteiger partial charge in [-0.15, -0.1) is 22.9 Å². The van der Waals surface area contributed by atoms with Crippen molar-refractivity contribution in [3.8, 4) is 0 Å². The number of hydrogen-bond donors (Lipinski definition) is 0. The monoisotopic (exact) mass is 254 g/mol. The quantitative estimate of drug-likeness (QED) is 0.657. The third-order valence-electron chi connectivity index (χ3n) is 2.26. The topological polar surface area (TPSA) is 0 Å². The molecule has 13 heavy (non-hydrogen) atoms. The number of rotatable bonds is 3. The Morgan fingerprint density at radius 3 is 2.62 bits per heavy atom. The molecular formula is C9H9Cl3S. The Hall–Kier alpha value is 0.570. The lowest BCUT2D eigenvalue weighted by Gasteiger charge is -2.06. The van der Waals surface area contributed by atoms with Gasteiger partial charge in [-0.1, -0.05) is 36.0 Å². The standard InChI is InChI=1S/C9H9Cl3S/c10-7(3-5-1-2-5)6-4-8(11)13-9(6)12/h4-5,7H,1-3H2. The summed E-state index contributed by atoms with van der Waals surface area (Å²) < 4.78 is 1.46. The van der Waals surface area contributed by atoms with Crippen molar-refractivity contribution in [1.29, 1.82) is 0 Å². The Labute approximate surface area is 96.8 Å². The van der Waals surface area contributed by atoms with E-state index in [0.29, 0.717) is 0 Å². The van der Waals surface area contributed by atoms with Gasteiger partial charge in [-0.05, 0) is 18.4 Å². The molecule has 0 bridgehead atoms. The van der Waals surface area contributed by atoms with Crippen molar-refractivity contribution in [3.63, 3.8) is 0 Å². The van der Waals surface area contributed by atoms with Crippen molar-refractivity contribution in [3.05, 3.63) is 20.3 Å². The third-order valence-corrected chi connectivity index (χ3v) is 4.19. The van der Waals surface area contributed by atoms with Crippen molar-refractivity contribution in [2.24, 2.45) is 5.92 Å². The smallest absolute Gasteiger partial charge is 0.0991 e. The first-order valence-corrected chi connectivity index (χ1v) is 6.26. The van der Waals surface area contributed by atoms with Gasteiger partial charge >= 0.3 is 0 Å². The highest BCUT2D eigenvalue weighted by atomic mass is 35.5. The van der Waals surface area contributed by atoms with Gasteiger partial charge in [0.05, 0.1) is 14.0 Å². The van der Waals surface area contributed by atoms with Crippen LogP contribution in [0.15, 0.2) is 6.07 Å². The summed E-state index contributed by atoms with van der Waals surface area (Å²) in [5, 5.41) is 0.0451. The lowest BCUT2D eigenvalue weighted by atomic mass is 10.1. The molecule has 4 heteroatoms. The zero-order valence-electron chi connectivity index (χ0n) is 6.90. The summed E-state index contributed by atoms with van der Waals surface area (Å²) in [4.78, 5) is 0. The maximum absolute atomic E-state index is 6.22. The Balaban J connectivity index is 2.08. The van der Waals surface area contributed by atoms with Gasteiger partial charge in [0.15, 0.2) is 0 Å². The molecule has 0 spiro atoms. The zero-order valence-corrected chi connectivity index (χ0v) is 9.98. The van der Waals surface area contributed by atoms with E-state index < -0.39 is 0 Å². The van der Waals surface area contributed by atoms with Crippen LogP contribution >= 0.6 is 46.1 Å². The van der Waals surface area contributed by atoms with Gasteiger partial charge in [-0.25, -0.2) is 0 Å². The largest absolute Gasteiger partial charge is 0.118 e. The van der Waals surface area contributed by atoms with Crippen LogP contribution in [0.25, 0.3) is 0 Å². The van der Waals surface area contributed by atoms with Gasteiger partial charge in [0.2, 0.25) is 0 Å². The van der Waals surface area contributed by atoms with Crippen LogP contribution in [-0.4, -0.2) is 0 Å². The van der Waals surface area contributed by atoms with Crippen LogP contribution in [0.1, 0.15) is 30.2 Å². The SMILES string of the molecule is Clc1cc(C(Cl)CC2CC2)c(Cl)s1. The molecule has 1 aromatic rings. The first kappa shape index (κ1) is 10.1. The molecule has 0 radical (unpaired) electrons. The molecular weight excluding hydrogens is 247 g/mol. The van der Waals surface area contributed by atoms with E-state index in [0.717, 1.165) is 26.6 Å². The number of hydrogen-bond acceptors (Lipinski definition) is 1. The van der Waals surface area contributed by atoms with Crippen molar-refractivity contribution in [2.45, 2.75) is 24.6 Å². The van der Waals surface area contributed by atoms with Crippen LogP contribution in [0.5, 0.6) is 0 Å². The molecule has 1 unspecified atom stereocenters. The lowest BCUT2D eigenvalue weighted by Crippen LogP contribution is -1.89. The normalized spacial score (nSPS) is 19.0. The molecule has 1 atom stereocenters. The Bertz CT molecular complexity index is 304. The van der Waals surface area contributed by atoms with Gasteiger partial charge in [0, 0.05) is 5.56 Å². The summed E-state index contributed by atoms with van der Waals surface area (Å²) in [7, 11) is 0. The maximum Gasteiger partial charge on any atom is 0.0991 e. The van der Waals surface area contributed by atoms with E-state index in [9.17, 15) is 0 Å². The summed E-state index contributed by atoms with van der Waals surface area (Å²) in [5.74, 6) is 0.817. The average Bonchev–Trinajstić information content (AvgIpc) is 2.77. The molecule has 1 saturated carbocycles. The Kier molecular flexibility index (Phi) is 3.09. The second-order valence-electron chi connectivity index (χ2n) is 3.43. The second-order valence-corrected chi connectivity index (χ2v) is 6.24. The van der Waals surface area contributed by atoms with Gasteiger partial charge in [0.1, 0.15) is 0 Å². The molecule has 2 rings (SSSR count). The highest BCUT2D eigenvalue weighted by Crippen LogP contribution is 2.44. The van der Waals surface area contributed by atoms with Crippen LogP contribution in [0, 0.1) is 5.92 Å². The van der Waals surface area contributed by atoms with E-state index >= 15 is 0 Å². The Morgan fingerprint density at radius 2 is 2.15 bits per heavy atom. The Morgan fingerprint density at radius 1 is 1.46 bits per heavy atom. The summed E-state index contributed by atoms with van der Waals surface area (Å²) in [5.41, 5.74) is 1.00. The van der Waals surface area contributed by atoms with Gasteiger partial charge < -0.3 is 0 Å². The second kappa shape index (κ2) is 3.98. The molecule has 0 aliphatic heterocycles. The molecule has 1 aromatic heterocycles. The first-order chi connectivity index (χ1) is 6.16. The van der Waals surface area contributed by atoms with E-state index in [1.54, 1.807) is 0 Å². The minimum Gasteiger partial charge on any atom is -0.118 e. The van der Waals surface area contributed by atoms with Crippen molar-refractivity contribution in [2.75, 3.05) is 0 Å². The average molecular weight is 256 g/mol. The van der Waals surface area contributed by atoms with E-state index in [4.69, 9.17) is 34.8 Å². The molecule has 0 saturated heterocycles. The molecule has 1 heterocycles. The van der Waals surface area contributed by atoms with Crippen molar-refractivity contribution >= 4 is 46.1 Å². The molecule has 1 aliphatic rings. The van der Waals surface area contributed by atoms with Crippen LogP contribution in [-0.2, 0) is 0 Å². The van der Waals surface area contributed by atoms with Crippen LogP contribution in [0.2, 0.25) is 8.67 Å². The lowest BCUT2D eigenvalue weighted by molar-refractivity contribution is 0.708. The first-order valence-electron chi connectivity index (χ1n) is 4.25. The van der Waals surface area contributed by atoms with Crippen LogP contribution < -0.4 is 0 Å². The van der Waals surface area contributed by atoms with E-state index in [1.165, 1.54) is 24.2 Å². The van der Waals surface area contributed by atoms with Crippen molar-refractivity contribution < 1.29 is 0 Å². The fourth-order valence-electron chi connectivity index (χ4n) is 1.34. The zero-order chi connectivity index (χ0) is 9.42. The van der Waals surface area contributed by atoms with Crippen LogP contribution in [0.4, 0.5) is 0 Å². The number of alkyl halides is 1. The minimum absolute atomic E-state index is 0.0451. The highest BCUT2D eigenvalue weighted by Gasteiger charge is 2.26. The molecule has 1 aliphatic carbocycles. The molecule has 0 aromatic carbocycles. The predicted molar refractivity (Wildman–Crippen MR) is 60.3 cm³/mol. The highest BCUT2D eigenvalue weighted by molar-refractivity contribution is 7.20. The molecule has 72 valence electrons. The molecule has 0 nitrogen and oxygen atoms in total. The third kappa shape index (κ3) is 2.53. The van der Waals surface area contributed by atoms with Gasteiger partial charge in [-0.3, -0.25) is 0 Å². The fraction of sp³-hybridized carbons (Fsp3) is 0.556. The summed E-state index contributed by atoms with van der Waals surface area (Å²) in [6, 6.07) is 1.88. The predicted octanol–water partition coefficient (Wildman–Crippen LogP) is 5.13. The molecule has 0 N–H and O–H groups in total. The number of thiophene rings is 1. The van der Waals surface area contributed by atoms with E-state index in [1.807, 2.05) is 6.07 Å². The van der Waals surface area contributed by atoms with Gasteiger partial charge in [-0.2, -0.15) is 0 Å². The van der Waals surface area contributed by atoms with Gasteiger partial charge in [0.25, 0.3) is 0 Å². The molecule has 0 amide bonds. The minimum atomic E-state index is 0.0451. The van der Waals surface area contributed by atoms with E-state index in [-0.39, 0.29) is 5.38 Å². The summed E-state index contributed by atoms with van der Waals surface area (Å²) in [6.07, 6.45) is 3.67. The molecule has 1 fully saturated rings. The van der Waals surface area contributed by atoms with E-state index in [2.05, 4.69) is 0 Å². The summed E-state index contributed by atoms with van der Waals surface area (Å²) >= 11 is 19.4. The van der Waals surface area contributed by atoms with Crippen LogP contribution in [0.3, 0.4) is 0 Å². The summed E-state index contributed by atoms with van der Waals surface area (Å²) in [6.45, 7) is 0. The van der Waals surface area contributed by atoms with Crippen molar-refractivity contribution in [1.82, 2.24) is 0 Å². The fourth-order valence-corrected chi connectivity index (χ4v) is 3.46. The maximum atomic E-state index is 6.22.